The van der Waals surface area contributed by atoms with Crippen LogP contribution in [0.5, 0.6) is 0 Å². The Bertz CT molecular complexity index is 800. The summed E-state index contributed by atoms with van der Waals surface area (Å²) in [4.78, 5) is 28.3. The summed E-state index contributed by atoms with van der Waals surface area (Å²) in [7, 11) is 0. The summed E-state index contributed by atoms with van der Waals surface area (Å²) in [6.07, 6.45) is 3.22. The van der Waals surface area contributed by atoms with E-state index in [0.29, 0.717) is 18.5 Å². The predicted octanol–water partition coefficient (Wildman–Crippen LogP) is 1.63. The van der Waals surface area contributed by atoms with Crippen molar-refractivity contribution in [2.45, 2.75) is 65.4 Å². The number of nitrogens with one attached hydrogen (secondary N) is 2. The van der Waals surface area contributed by atoms with Gasteiger partial charge in [-0.05, 0) is 26.7 Å². The zero-order valence-corrected chi connectivity index (χ0v) is 15.5. The Balaban J connectivity index is 2.12. The Labute approximate surface area is 147 Å². The molecule has 0 atom stereocenters. The fourth-order valence-corrected chi connectivity index (χ4v) is 3.33. The summed E-state index contributed by atoms with van der Waals surface area (Å²) in [6.45, 7) is 7.98. The van der Waals surface area contributed by atoms with Crippen molar-refractivity contribution >= 4 is 11.6 Å². The minimum Gasteiger partial charge on any atom is -0.388 e. The highest BCUT2D eigenvalue weighted by molar-refractivity contribution is 5.79. The molecule has 0 spiro atoms. The van der Waals surface area contributed by atoms with Crippen molar-refractivity contribution in [3.8, 4) is 0 Å². The van der Waals surface area contributed by atoms with Crippen LogP contribution in [0, 0.1) is 13.8 Å². The zero-order valence-electron chi connectivity index (χ0n) is 15.5. The Morgan fingerprint density at radius 2 is 1.96 bits per heavy atom. The second kappa shape index (κ2) is 7.82. The van der Waals surface area contributed by atoms with Crippen LogP contribution in [0.15, 0.2) is 10.9 Å². The standard InChI is InChI=1S/C18H28N4O3/c1-5-7-18(25,8-6-2)11-19-16(23)9-14-12(3)20-15-10-17(24)21-22(15)13(14)4/h10,25H,5-9,11H2,1-4H3,(H,19,23)(H,21,24). The maximum atomic E-state index is 12.4. The minimum atomic E-state index is -0.850. The van der Waals surface area contributed by atoms with Gasteiger partial charge >= 0.3 is 0 Å². The first-order chi connectivity index (χ1) is 11.8. The lowest BCUT2D eigenvalue weighted by molar-refractivity contribution is -0.121. The summed E-state index contributed by atoms with van der Waals surface area (Å²) in [5.41, 5.74) is 1.77. The lowest BCUT2D eigenvalue weighted by atomic mass is 9.92. The molecule has 2 aromatic rings. The lowest BCUT2D eigenvalue weighted by Crippen LogP contribution is -2.43. The third-order valence-corrected chi connectivity index (χ3v) is 4.59. The maximum absolute atomic E-state index is 12.4. The monoisotopic (exact) mass is 348 g/mol. The Morgan fingerprint density at radius 1 is 1.32 bits per heavy atom. The van der Waals surface area contributed by atoms with Gasteiger partial charge in [0.05, 0.1) is 12.0 Å². The Kier molecular flexibility index (Phi) is 6.00. The second-order valence-electron chi connectivity index (χ2n) is 6.75. The largest absolute Gasteiger partial charge is 0.388 e. The van der Waals surface area contributed by atoms with Crippen molar-refractivity contribution in [2.24, 2.45) is 0 Å². The minimum absolute atomic E-state index is 0.160. The summed E-state index contributed by atoms with van der Waals surface area (Å²) >= 11 is 0. The molecule has 3 N–H and O–H groups in total. The number of aromatic amines is 1. The molecule has 2 heterocycles. The number of aryl methyl sites for hydroxylation is 2. The van der Waals surface area contributed by atoms with E-state index in [1.165, 1.54) is 6.07 Å². The van der Waals surface area contributed by atoms with Crippen LogP contribution in [0.2, 0.25) is 0 Å². The van der Waals surface area contributed by atoms with Crippen LogP contribution in [-0.4, -0.2) is 37.8 Å². The van der Waals surface area contributed by atoms with Crippen molar-refractivity contribution < 1.29 is 9.90 Å². The van der Waals surface area contributed by atoms with Gasteiger partial charge in [0.2, 0.25) is 5.91 Å². The van der Waals surface area contributed by atoms with E-state index in [2.05, 4.69) is 15.4 Å². The highest BCUT2D eigenvalue weighted by Gasteiger charge is 2.25. The Morgan fingerprint density at radius 3 is 2.56 bits per heavy atom. The zero-order chi connectivity index (χ0) is 18.6. The number of hydrogen-bond acceptors (Lipinski definition) is 4. The molecule has 2 rings (SSSR count). The molecular formula is C18H28N4O3. The van der Waals surface area contributed by atoms with Gasteiger partial charge < -0.3 is 10.4 Å². The molecule has 0 saturated heterocycles. The number of aromatic nitrogens is 3. The van der Waals surface area contributed by atoms with E-state index < -0.39 is 5.60 Å². The molecule has 138 valence electrons. The molecule has 0 saturated carbocycles. The highest BCUT2D eigenvalue weighted by Crippen LogP contribution is 2.19. The molecule has 2 aromatic heterocycles. The average Bonchev–Trinajstić information content (AvgIpc) is 2.90. The van der Waals surface area contributed by atoms with Crippen LogP contribution < -0.4 is 10.9 Å². The summed E-state index contributed by atoms with van der Waals surface area (Å²) in [5.74, 6) is -0.160. The van der Waals surface area contributed by atoms with E-state index in [4.69, 9.17) is 0 Å². The lowest BCUT2D eigenvalue weighted by Gasteiger charge is -2.27. The molecule has 0 bridgehead atoms. The first-order valence-electron chi connectivity index (χ1n) is 8.86. The van der Waals surface area contributed by atoms with Crippen molar-refractivity contribution in [1.29, 1.82) is 0 Å². The van der Waals surface area contributed by atoms with Gasteiger partial charge in [0.1, 0.15) is 0 Å². The molecular weight excluding hydrogens is 320 g/mol. The van der Waals surface area contributed by atoms with Crippen LogP contribution in [-0.2, 0) is 11.2 Å². The molecule has 0 aromatic carbocycles. The van der Waals surface area contributed by atoms with Gasteiger partial charge in [0.25, 0.3) is 5.56 Å². The topological polar surface area (TPSA) is 99.5 Å². The van der Waals surface area contributed by atoms with E-state index >= 15 is 0 Å². The number of carbonyl (C=O) groups excluding carboxylic acids is 1. The maximum Gasteiger partial charge on any atom is 0.266 e. The number of aliphatic hydroxyl groups is 1. The van der Waals surface area contributed by atoms with Crippen LogP contribution in [0.4, 0.5) is 0 Å². The van der Waals surface area contributed by atoms with Gasteiger partial charge in [0, 0.05) is 29.6 Å². The van der Waals surface area contributed by atoms with Gasteiger partial charge in [0.15, 0.2) is 5.65 Å². The van der Waals surface area contributed by atoms with Crippen molar-refractivity contribution in [3.63, 3.8) is 0 Å². The Hall–Kier alpha value is -2.15. The second-order valence-corrected chi connectivity index (χ2v) is 6.75. The molecule has 0 aliphatic rings. The van der Waals surface area contributed by atoms with Gasteiger partial charge in [-0.2, -0.15) is 0 Å². The number of rotatable bonds is 8. The first-order valence-corrected chi connectivity index (χ1v) is 8.86. The van der Waals surface area contributed by atoms with Crippen molar-refractivity contribution in [3.05, 3.63) is 33.4 Å². The molecule has 25 heavy (non-hydrogen) atoms. The average molecular weight is 348 g/mol. The van der Waals surface area contributed by atoms with Crippen LogP contribution in [0.25, 0.3) is 5.65 Å². The summed E-state index contributed by atoms with van der Waals surface area (Å²) < 4.78 is 1.60. The van der Waals surface area contributed by atoms with E-state index in [1.807, 2.05) is 27.7 Å². The van der Waals surface area contributed by atoms with E-state index in [1.54, 1.807) is 4.52 Å². The van der Waals surface area contributed by atoms with E-state index in [9.17, 15) is 14.7 Å². The number of hydrogen-bond donors (Lipinski definition) is 3. The fourth-order valence-electron chi connectivity index (χ4n) is 3.33. The van der Waals surface area contributed by atoms with Crippen molar-refractivity contribution in [1.82, 2.24) is 19.9 Å². The summed E-state index contributed by atoms with van der Waals surface area (Å²) in [6, 6.07) is 1.43. The number of H-pyrrole nitrogens is 1. The van der Waals surface area contributed by atoms with Crippen LogP contribution in [0.3, 0.4) is 0 Å². The SMILES string of the molecule is CCCC(O)(CCC)CNC(=O)Cc1c(C)nc2cc(=O)[nH]n2c1C. The molecule has 7 nitrogen and oxygen atoms in total. The van der Waals surface area contributed by atoms with E-state index in [-0.39, 0.29) is 24.4 Å². The molecule has 0 aliphatic carbocycles. The van der Waals surface area contributed by atoms with Gasteiger partial charge in [-0.1, -0.05) is 26.7 Å². The molecule has 0 radical (unpaired) electrons. The highest BCUT2D eigenvalue weighted by atomic mass is 16.3. The van der Waals surface area contributed by atoms with Gasteiger partial charge in [-0.3, -0.25) is 14.7 Å². The quantitative estimate of drug-likeness (QED) is 0.675. The van der Waals surface area contributed by atoms with Gasteiger partial charge in [-0.25, -0.2) is 9.50 Å². The van der Waals surface area contributed by atoms with E-state index in [0.717, 1.165) is 29.8 Å². The number of nitrogens with zero attached hydrogens (tertiary/aromatic N) is 2. The first kappa shape index (κ1) is 19.2. The molecule has 0 unspecified atom stereocenters. The molecule has 0 aliphatic heterocycles. The molecule has 1 amide bonds. The normalized spacial score (nSPS) is 11.9. The number of amides is 1. The fraction of sp³-hybridized carbons (Fsp3) is 0.611. The van der Waals surface area contributed by atoms with Gasteiger partial charge in [-0.15, -0.1) is 0 Å². The smallest absolute Gasteiger partial charge is 0.266 e. The van der Waals surface area contributed by atoms with Crippen LogP contribution in [0.1, 0.15) is 56.5 Å². The third kappa shape index (κ3) is 4.48. The number of carbonyl (C=O) groups is 1. The third-order valence-electron chi connectivity index (χ3n) is 4.59. The van der Waals surface area contributed by atoms with Crippen LogP contribution >= 0.6 is 0 Å². The predicted molar refractivity (Wildman–Crippen MR) is 96.8 cm³/mol. The van der Waals surface area contributed by atoms with Crippen molar-refractivity contribution in [2.75, 3.05) is 6.54 Å². The summed E-state index contributed by atoms with van der Waals surface area (Å²) in [5, 5.41) is 16.1. The molecule has 0 fully saturated rings. The number of fused-ring (bicyclic) bond motifs is 1. The molecule has 7 heteroatoms.